The summed E-state index contributed by atoms with van der Waals surface area (Å²) in [7, 11) is 1.96. The number of hydrogen-bond donors (Lipinski definition) is 1. The Bertz CT molecular complexity index is 260. The fourth-order valence-corrected chi connectivity index (χ4v) is 2.86. The summed E-state index contributed by atoms with van der Waals surface area (Å²) in [6.45, 7) is 10.4. The minimum atomic E-state index is -0.383. The molecule has 0 aliphatic carbocycles. The third-order valence-corrected chi connectivity index (χ3v) is 5.04. The van der Waals surface area contributed by atoms with Crippen LogP contribution in [0, 0.1) is 0 Å². The SMILES string of the molecule is CCCCCCCCOC(C)C(C)(NC)OCCCCCCCC. The van der Waals surface area contributed by atoms with Crippen LogP contribution in [-0.2, 0) is 9.47 Å². The van der Waals surface area contributed by atoms with E-state index >= 15 is 0 Å². The quantitative estimate of drug-likeness (QED) is 0.242. The van der Waals surface area contributed by atoms with Gasteiger partial charge in [-0.05, 0) is 33.7 Å². The van der Waals surface area contributed by atoms with E-state index in [4.69, 9.17) is 9.47 Å². The lowest BCUT2D eigenvalue weighted by Gasteiger charge is -2.35. The maximum absolute atomic E-state index is 6.12. The van der Waals surface area contributed by atoms with Gasteiger partial charge in [-0.3, -0.25) is 5.32 Å². The van der Waals surface area contributed by atoms with Gasteiger partial charge in [0.05, 0.1) is 6.10 Å². The molecule has 0 radical (unpaired) electrons. The zero-order valence-corrected chi connectivity index (χ0v) is 17.3. The Balaban J connectivity index is 3.76. The van der Waals surface area contributed by atoms with Crippen LogP contribution in [-0.4, -0.2) is 32.1 Å². The maximum atomic E-state index is 6.12. The first-order chi connectivity index (χ1) is 11.6. The van der Waals surface area contributed by atoms with E-state index in [1.165, 1.54) is 64.2 Å². The van der Waals surface area contributed by atoms with Gasteiger partial charge in [0.25, 0.3) is 0 Å². The lowest BCUT2D eigenvalue weighted by Crippen LogP contribution is -2.52. The monoisotopic (exact) mass is 343 g/mol. The Morgan fingerprint density at radius 2 is 1.21 bits per heavy atom. The molecule has 0 saturated carbocycles. The number of unbranched alkanes of at least 4 members (excludes halogenated alkanes) is 10. The molecule has 3 nitrogen and oxygen atoms in total. The zero-order valence-electron chi connectivity index (χ0n) is 17.3. The van der Waals surface area contributed by atoms with Crippen LogP contribution in [0.5, 0.6) is 0 Å². The van der Waals surface area contributed by atoms with Crippen molar-refractivity contribution in [2.75, 3.05) is 20.3 Å². The van der Waals surface area contributed by atoms with E-state index in [0.29, 0.717) is 0 Å². The number of hydrogen-bond acceptors (Lipinski definition) is 3. The molecule has 0 spiro atoms. The van der Waals surface area contributed by atoms with Crippen LogP contribution >= 0.6 is 0 Å². The second kappa shape index (κ2) is 16.4. The summed E-state index contributed by atoms with van der Waals surface area (Å²) in [6.07, 6.45) is 15.6. The van der Waals surface area contributed by atoms with Gasteiger partial charge >= 0.3 is 0 Å². The highest BCUT2D eigenvalue weighted by Gasteiger charge is 2.30. The van der Waals surface area contributed by atoms with Gasteiger partial charge in [0, 0.05) is 13.2 Å². The average Bonchev–Trinajstić information content (AvgIpc) is 2.59. The van der Waals surface area contributed by atoms with Gasteiger partial charge in [0.2, 0.25) is 0 Å². The minimum absolute atomic E-state index is 0.0678. The predicted molar refractivity (Wildman–Crippen MR) is 106 cm³/mol. The van der Waals surface area contributed by atoms with Crippen molar-refractivity contribution in [1.29, 1.82) is 0 Å². The molecule has 0 aliphatic rings. The summed E-state index contributed by atoms with van der Waals surface area (Å²) in [5.74, 6) is 0. The molecule has 0 aromatic rings. The average molecular weight is 344 g/mol. The number of nitrogens with one attached hydrogen (secondary N) is 1. The minimum Gasteiger partial charge on any atom is -0.374 e. The molecule has 0 heterocycles. The van der Waals surface area contributed by atoms with E-state index in [2.05, 4.69) is 33.0 Å². The molecule has 0 aromatic carbocycles. The van der Waals surface area contributed by atoms with E-state index in [9.17, 15) is 0 Å². The summed E-state index contributed by atoms with van der Waals surface area (Å²) < 4.78 is 12.1. The summed E-state index contributed by atoms with van der Waals surface area (Å²) >= 11 is 0. The molecule has 0 aromatic heterocycles. The second-order valence-corrected chi connectivity index (χ2v) is 7.25. The molecule has 0 saturated heterocycles. The van der Waals surface area contributed by atoms with Crippen molar-refractivity contribution < 1.29 is 9.47 Å². The van der Waals surface area contributed by atoms with Crippen LogP contribution in [0.15, 0.2) is 0 Å². The largest absolute Gasteiger partial charge is 0.374 e. The van der Waals surface area contributed by atoms with E-state index in [1.807, 2.05) is 7.05 Å². The van der Waals surface area contributed by atoms with E-state index < -0.39 is 0 Å². The highest BCUT2D eigenvalue weighted by Crippen LogP contribution is 2.17. The van der Waals surface area contributed by atoms with Crippen molar-refractivity contribution in [3.05, 3.63) is 0 Å². The van der Waals surface area contributed by atoms with E-state index in [1.54, 1.807) is 0 Å². The molecule has 24 heavy (non-hydrogen) atoms. The molecule has 0 rings (SSSR count). The van der Waals surface area contributed by atoms with E-state index in [-0.39, 0.29) is 11.8 Å². The molecule has 1 N–H and O–H groups in total. The lowest BCUT2D eigenvalue weighted by molar-refractivity contribution is -0.146. The summed E-state index contributed by atoms with van der Waals surface area (Å²) in [5.41, 5.74) is -0.383. The molecule has 0 amide bonds. The van der Waals surface area contributed by atoms with Crippen molar-refractivity contribution in [3.63, 3.8) is 0 Å². The van der Waals surface area contributed by atoms with Crippen LogP contribution in [0.25, 0.3) is 0 Å². The van der Waals surface area contributed by atoms with Crippen molar-refractivity contribution >= 4 is 0 Å². The first kappa shape index (κ1) is 23.9. The molecular formula is C21H45NO2. The molecule has 2 unspecified atom stereocenters. The Morgan fingerprint density at radius 3 is 1.71 bits per heavy atom. The Labute approximate surface area is 152 Å². The fourth-order valence-electron chi connectivity index (χ4n) is 2.86. The normalized spacial score (nSPS) is 15.4. The van der Waals surface area contributed by atoms with Gasteiger partial charge < -0.3 is 9.47 Å². The Kier molecular flexibility index (Phi) is 16.3. The highest BCUT2D eigenvalue weighted by atomic mass is 16.6. The van der Waals surface area contributed by atoms with Crippen molar-refractivity contribution in [3.8, 4) is 0 Å². The number of likely N-dealkylation sites (N-methyl/N-ethyl adjacent to an activating group) is 1. The van der Waals surface area contributed by atoms with Crippen LogP contribution < -0.4 is 5.32 Å². The van der Waals surface area contributed by atoms with E-state index in [0.717, 1.165) is 26.1 Å². The van der Waals surface area contributed by atoms with Crippen molar-refractivity contribution in [1.82, 2.24) is 5.32 Å². The molecule has 0 aliphatic heterocycles. The lowest BCUT2D eigenvalue weighted by atomic mass is 10.1. The van der Waals surface area contributed by atoms with Gasteiger partial charge in [0.15, 0.2) is 0 Å². The van der Waals surface area contributed by atoms with Gasteiger partial charge in [-0.2, -0.15) is 0 Å². The Morgan fingerprint density at radius 1 is 0.750 bits per heavy atom. The van der Waals surface area contributed by atoms with Crippen molar-refractivity contribution in [2.24, 2.45) is 0 Å². The highest BCUT2D eigenvalue weighted by molar-refractivity contribution is 4.78. The number of rotatable bonds is 18. The van der Waals surface area contributed by atoms with Crippen LogP contribution in [0.3, 0.4) is 0 Å². The third kappa shape index (κ3) is 12.3. The molecule has 2 atom stereocenters. The first-order valence-electron chi connectivity index (χ1n) is 10.5. The Hall–Kier alpha value is -0.120. The molecule has 3 heteroatoms. The number of ether oxygens (including phenoxy) is 2. The van der Waals surface area contributed by atoms with Crippen LogP contribution in [0.2, 0.25) is 0 Å². The first-order valence-corrected chi connectivity index (χ1v) is 10.5. The topological polar surface area (TPSA) is 30.5 Å². The predicted octanol–water partition coefficient (Wildman–Crippen LogP) is 6.06. The summed E-state index contributed by atoms with van der Waals surface area (Å²) in [4.78, 5) is 0. The third-order valence-electron chi connectivity index (χ3n) is 5.04. The molecule has 0 bridgehead atoms. The maximum Gasteiger partial charge on any atom is 0.142 e. The van der Waals surface area contributed by atoms with Gasteiger partial charge in [-0.25, -0.2) is 0 Å². The second-order valence-electron chi connectivity index (χ2n) is 7.25. The van der Waals surface area contributed by atoms with Gasteiger partial charge in [-0.15, -0.1) is 0 Å². The molecule has 0 fully saturated rings. The summed E-state index contributed by atoms with van der Waals surface area (Å²) in [5, 5.41) is 3.31. The smallest absolute Gasteiger partial charge is 0.142 e. The zero-order chi connectivity index (χ0) is 18.1. The summed E-state index contributed by atoms with van der Waals surface area (Å²) in [6, 6.07) is 0. The molecule has 146 valence electrons. The van der Waals surface area contributed by atoms with Gasteiger partial charge in [-0.1, -0.05) is 78.1 Å². The van der Waals surface area contributed by atoms with Crippen LogP contribution in [0.1, 0.15) is 105 Å². The van der Waals surface area contributed by atoms with Gasteiger partial charge in [0.1, 0.15) is 5.72 Å². The molecular weight excluding hydrogens is 298 g/mol. The van der Waals surface area contributed by atoms with Crippen LogP contribution in [0.4, 0.5) is 0 Å². The standard InChI is InChI=1S/C21H45NO2/c1-6-8-10-12-14-16-18-23-20(3)21(4,22-5)24-19-17-15-13-11-9-7-2/h20,22H,6-19H2,1-5H3. The van der Waals surface area contributed by atoms with Crippen molar-refractivity contribution in [2.45, 2.75) is 117 Å². The fraction of sp³-hybridized carbons (Fsp3) is 1.00.